The molecule has 1 fully saturated rings. The van der Waals surface area contributed by atoms with Crippen molar-refractivity contribution in [3.05, 3.63) is 23.4 Å². The first-order chi connectivity index (χ1) is 9.04. The second-order valence-electron chi connectivity index (χ2n) is 5.40. The molecule has 104 valence electrons. The standard InChI is InChI=1S/C14H22N4O/c1-10-6-12(7-13(15)17-10)14(19)16-8-11-4-3-5-18(2)9-11/h6-7,11H,3-5,8-9H2,1-2H3,(H2,15,17)(H,16,19). The molecule has 3 N–H and O–H groups in total. The van der Waals surface area contributed by atoms with E-state index in [1.807, 2.05) is 6.92 Å². The second kappa shape index (κ2) is 6.02. The Morgan fingerprint density at radius 3 is 3.05 bits per heavy atom. The molecule has 0 radical (unpaired) electrons. The summed E-state index contributed by atoms with van der Waals surface area (Å²) < 4.78 is 0. The Bertz CT molecular complexity index is 441. The van der Waals surface area contributed by atoms with Crippen molar-refractivity contribution >= 4 is 11.7 Å². The maximum atomic E-state index is 12.1. The lowest BCUT2D eigenvalue weighted by molar-refractivity contribution is 0.0936. The Balaban J connectivity index is 1.90. The predicted molar refractivity (Wildman–Crippen MR) is 75.9 cm³/mol. The summed E-state index contributed by atoms with van der Waals surface area (Å²) in [6, 6.07) is 3.38. The Kier molecular flexibility index (Phi) is 4.37. The van der Waals surface area contributed by atoms with Crippen LogP contribution < -0.4 is 11.1 Å². The highest BCUT2D eigenvalue weighted by molar-refractivity contribution is 5.94. The SMILES string of the molecule is Cc1cc(C(=O)NCC2CCCN(C)C2)cc(N)n1. The van der Waals surface area contributed by atoms with Gasteiger partial charge in [0.2, 0.25) is 0 Å². The monoisotopic (exact) mass is 262 g/mol. The number of likely N-dealkylation sites (tertiary alicyclic amines) is 1. The number of aromatic nitrogens is 1. The normalized spacial score (nSPS) is 20.2. The minimum atomic E-state index is -0.0644. The Morgan fingerprint density at radius 2 is 2.37 bits per heavy atom. The van der Waals surface area contributed by atoms with E-state index in [0.29, 0.717) is 17.3 Å². The number of rotatable bonds is 3. The van der Waals surface area contributed by atoms with E-state index in [0.717, 1.165) is 25.3 Å². The lowest BCUT2D eigenvalue weighted by Gasteiger charge is -2.29. The summed E-state index contributed by atoms with van der Waals surface area (Å²) in [5, 5.41) is 2.99. The van der Waals surface area contributed by atoms with Gasteiger partial charge in [0.25, 0.3) is 5.91 Å². The minimum absolute atomic E-state index is 0.0644. The topological polar surface area (TPSA) is 71.2 Å². The molecule has 1 saturated heterocycles. The minimum Gasteiger partial charge on any atom is -0.384 e. The molecule has 1 atom stereocenters. The summed E-state index contributed by atoms with van der Waals surface area (Å²) in [4.78, 5) is 18.4. The Morgan fingerprint density at radius 1 is 1.58 bits per heavy atom. The third kappa shape index (κ3) is 3.92. The summed E-state index contributed by atoms with van der Waals surface area (Å²) in [5.41, 5.74) is 7.01. The van der Waals surface area contributed by atoms with Gasteiger partial charge in [-0.1, -0.05) is 0 Å². The Labute approximate surface area is 114 Å². The van der Waals surface area contributed by atoms with Crippen LogP contribution in [0.4, 0.5) is 5.82 Å². The first-order valence-corrected chi connectivity index (χ1v) is 6.75. The van der Waals surface area contributed by atoms with Crippen LogP contribution in [0.2, 0.25) is 0 Å². The molecule has 1 unspecified atom stereocenters. The highest BCUT2D eigenvalue weighted by Crippen LogP contribution is 2.14. The van der Waals surface area contributed by atoms with Gasteiger partial charge < -0.3 is 16.0 Å². The van der Waals surface area contributed by atoms with E-state index >= 15 is 0 Å². The van der Waals surface area contributed by atoms with Gasteiger partial charge in [-0.3, -0.25) is 4.79 Å². The smallest absolute Gasteiger partial charge is 0.251 e. The molecule has 1 aliphatic heterocycles. The third-order valence-corrected chi connectivity index (χ3v) is 3.51. The van der Waals surface area contributed by atoms with Crippen molar-refractivity contribution in [2.45, 2.75) is 19.8 Å². The number of amides is 1. The maximum Gasteiger partial charge on any atom is 0.251 e. The first-order valence-electron chi connectivity index (χ1n) is 6.75. The van der Waals surface area contributed by atoms with Crippen LogP contribution in [-0.4, -0.2) is 42.5 Å². The number of carbonyl (C=O) groups excluding carboxylic acids is 1. The third-order valence-electron chi connectivity index (χ3n) is 3.51. The molecule has 0 aliphatic carbocycles. The van der Waals surface area contributed by atoms with Crippen LogP contribution >= 0.6 is 0 Å². The molecule has 2 heterocycles. The summed E-state index contributed by atoms with van der Waals surface area (Å²) >= 11 is 0. The number of piperidine rings is 1. The van der Waals surface area contributed by atoms with Gasteiger partial charge in [0.1, 0.15) is 5.82 Å². The highest BCUT2D eigenvalue weighted by Gasteiger charge is 2.18. The quantitative estimate of drug-likeness (QED) is 0.854. The summed E-state index contributed by atoms with van der Waals surface area (Å²) in [6.07, 6.45) is 2.39. The van der Waals surface area contributed by atoms with Crippen LogP contribution in [0, 0.1) is 12.8 Å². The fraction of sp³-hybridized carbons (Fsp3) is 0.571. The van der Waals surface area contributed by atoms with E-state index in [4.69, 9.17) is 5.73 Å². The number of pyridine rings is 1. The summed E-state index contributed by atoms with van der Waals surface area (Å²) in [6.45, 7) is 4.77. The van der Waals surface area contributed by atoms with Crippen molar-refractivity contribution < 1.29 is 4.79 Å². The van der Waals surface area contributed by atoms with Gasteiger partial charge in [-0.25, -0.2) is 4.98 Å². The van der Waals surface area contributed by atoms with Crippen molar-refractivity contribution in [1.29, 1.82) is 0 Å². The second-order valence-corrected chi connectivity index (χ2v) is 5.40. The van der Waals surface area contributed by atoms with Gasteiger partial charge in [-0.15, -0.1) is 0 Å². The van der Waals surface area contributed by atoms with E-state index in [1.165, 1.54) is 12.8 Å². The van der Waals surface area contributed by atoms with Crippen LogP contribution in [0.1, 0.15) is 28.9 Å². The van der Waals surface area contributed by atoms with Crippen LogP contribution in [0.15, 0.2) is 12.1 Å². The molecule has 0 spiro atoms. The van der Waals surface area contributed by atoms with E-state index in [1.54, 1.807) is 12.1 Å². The molecule has 1 amide bonds. The number of nitrogen functional groups attached to an aromatic ring is 1. The van der Waals surface area contributed by atoms with Crippen LogP contribution in [-0.2, 0) is 0 Å². The van der Waals surface area contributed by atoms with E-state index < -0.39 is 0 Å². The number of carbonyl (C=O) groups is 1. The highest BCUT2D eigenvalue weighted by atomic mass is 16.1. The molecule has 1 aromatic rings. The number of hydrogen-bond acceptors (Lipinski definition) is 4. The molecule has 19 heavy (non-hydrogen) atoms. The molecular formula is C14H22N4O. The number of anilines is 1. The van der Waals surface area contributed by atoms with Crippen molar-refractivity contribution in [3.8, 4) is 0 Å². The summed E-state index contributed by atoms with van der Waals surface area (Å²) in [5.74, 6) is 0.871. The molecule has 0 bridgehead atoms. The van der Waals surface area contributed by atoms with Crippen molar-refractivity contribution in [3.63, 3.8) is 0 Å². The molecule has 1 aromatic heterocycles. The zero-order valence-electron chi connectivity index (χ0n) is 11.6. The fourth-order valence-electron chi connectivity index (χ4n) is 2.60. The van der Waals surface area contributed by atoms with Crippen molar-refractivity contribution in [2.75, 3.05) is 32.4 Å². The molecule has 0 aromatic carbocycles. The molecule has 2 rings (SSSR count). The average molecular weight is 262 g/mol. The lowest BCUT2D eigenvalue weighted by atomic mass is 9.98. The molecule has 0 saturated carbocycles. The molecular weight excluding hydrogens is 240 g/mol. The number of aryl methyl sites for hydroxylation is 1. The van der Waals surface area contributed by atoms with Crippen molar-refractivity contribution in [2.24, 2.45) is 5.92 Å². The maximum absolute atomic E-state index is 12.1. The van der Waals surface area contributed by atoms with E-state index in [2.05, 4.69) is 22.2 Å². The molecule has 5 nitrogen and oxygen atoms in total. The zero-order chi connectivity index (χ0) is 13.8. The number of nitrogens with two attached hydrogens (primary N) is 1. The van der Waals surface area contributed by atoms with Crippen LogP contribution in [0.3, 0.4) is 0 Å². The number of nitrogens with one attached hydrogen (secondary N) is 1. The fourth-order valence-corrected chi connectivity index (χ4v) is 2.60. The first kappa shape index (κ1) is 13.8. The largest absolute Gasteiger partial charge is 0.384 e. The van der Waals surface area contributed by atoms with E-state index in [9.17, 15) is 4.79 Å². The number of nitrogens with zero attached hydrogens (tertiary/aromatic N) is 2. The van der Waals surface area contributed by atoms with Crippen molar-refractivity contribution in [1.82, 2.24) is 15.2 Å². The van der Waals surface area contributed by atoms with Gasteiger partial charge in [0.15, 0.2) is 0 Å². The number of hydrogen-bond donors (Lipinski definition) is 2. The lowest BCUT2D eigenvalue weighted by Crippen LogP contribution is -2.39. The summed E-state index contributed by atoms with van der Waals surface area (Å²) in [7, 11) is 2.13. The molecule has 1 aliphatic rings. The average Bonchev–Trinajstić information content (AvgIpc) is 2.35. The zero-order valence-corrected chi connectivity index (χ0v) is 11.6. The van der Waals surface area contributed by atoms with Crippen LogP contribution in [0.5, 0.6) is 0 Å². The van der Waals surface area contributed by atoms with Gasteiger partial charge in [0, 0.05) is 24.3 Å². The predicted octanol–water partition coefficient (Wildman–Crippen LogP) is 1.04. The van der Waals surface area contributed by atoms with Gasteiger partial charge >= 0.3 is 0 Å². The van der Waals surface area contributed by atoms with Gasteiger partial charge in [-0.05, 0) is 51.4 Å². The van der Waals surface area contributed by atoms with Gasteiger partial charge in [-0.2, -0.15) is 0 Å². The van der Waals surface area contributed by atoms with Gasteiger partial charge in [0.05, 0.1) is 0 Å². The van der Waals surface area contributed by atoms with Crippen LogP contribution in [0.25, 0.3) is 0 Å². The molecule has 5 heteroatoms. The Hall–Kier alpha value is -1.62. The van der Waals surface area contributed by atoms with E-state index in [-0.39, 0.29) is 5.91 Å².